The molecular weight excluding hydrogens is 256 g/mol. The fourth-order valence-corrected chi connectivity index (χ4v) is 3.27. The van der Waals surface area contributed by atoms with Crippen LogP contribution in [0.5, 0.6) is 0 Å². The van der Waals surface area contributed by atoms with E-state index in [0.29, 0.717) is 18.1 Å². The number of aromatic nitrogens is 1. The van der Waals surface area contributed by atoms with E-state index in [1.54, 1.807) is 0 Å². The van der Waals surface area contributed by atoms with Crippen molar-refractivity contribution in [1.82, 2.24) is 15.2 Å². The quantitative estimate of drug-likeness (QED) is 0.917. The Hall–Kier alpha value is -0.650. The highest BCUT2D eigenvalue weighted by molar-refractivity contribution is 7.15. The predicted octanol–water partition coefficient (Wildman–Crippen LogP) is 2.17. The molecule has 0 radical (unpaired) electrons. The zero-order valence-electron chi connectivity index (χ0n) is 12.7. The van der Waals surface area contributed by atoms with E-state index in [4.69, 9.17) is 0 Å². The Bertz CT molecular complexity index is 392. The first-order valence-corrected chi connectivity index (χ1v) is 7.94. The lowest BCUT2D eigenvalue weighted by Gasteiger charge is -2.42. The van der Waals surface area contributed by atoms with E-state index in [0.717, 1.165) is 19.6 Å². The van der Waals surface area contributed by atoms with Crippen molar-refractivity contribution in [1.29, 1.82) is 0 Å². The third kappa shape index (κ3) is 3.68. The molecule has 0 bridgehead atoms. The average Bonchev–Trinajstić information content (AvgIpc) is 2.81. The van der Waals surface area contributed by atoms with Crippen molar-refractivity contribution < 1.29 is 0 Å². The molecule has 0 saturated carbocycles. The Morgan fingerprint density at radius 3 is 2.58 bits per heavy atom. The van der Waals surface area contributed by atoms with Crippen LogP contribution in [0, 0.1) is 0 Å². The van der Waals surface area contributed by atoms with E-state index in [1.165, 1.54) is 10.0 Å². The Morgan fingerprint density at radius 2 is 2.00 bits per heavy atom. The zero-order chi connectivity index (χ0) is 14.0. The van der Waals surface area contributed by atoms with Gasteiger partial charge in [0, 0.05) is 48.8 Å². The van der Waals surface area contributed by atoms with E-state index in [2.05, 4.69) is 54.8 Å². The third-order valence-corrected chi connectivity index (χ3v) is 4.91. The average molecular weight is 282 g/mol. The molecule has 108 valence electrons. The second-order valence-electron chi connectivity index (χ2n) is 5.91. The molecule has 1 aliphatic heterocycles. The molecule has 2 atom stereocenters. The van der Waals surface area contributed by atoms with Gasteiger partial charge < -0.3 is 10.2 Å². The molecule has 2 rings (SSSR count). The lowest BCUT2D eigenvalue weighted by Crippen LogP contribution is -2.55. The van der Waals surface area contributed by atoms with Crippen LogP contribution in [-0.4, -0.2) is 48.1 Å². The number of nitrogens with zero attached hydrogens (tertiary/aromatic N) is 3. The summed E-state index contributed by atoms with van der Waals surface area (Å²) in [5.41, 5.74) is 0. The molecule has 1 N–H and O–H groups in total. The van der Waals surface area contributed by atoms with E-state index >= 15 is 0 Å². The lowest BCUT2D eigenvalue weighted by atomic mass is 10.1. The molecule has 4 nitrogen and oxygen atoms in total. The molecule has 1 saturated heterocycles. The van der Waals surface area contributed by atoms with Crippen molar-refractivity contribution in [2.24, 2.45) is 0 Å². The first-order valence-electron chi connectivity index (χ1n) is 7.12. The van der Waals surface area contributed by atoms with Gasteiger partial charge in [-0.3, -0.25) is 4.90 Å². The summed E-state index contributed by atoms with van der Waals surface area (Å²) in [6.07, 6.45) is 2.02. The van der Waals surface area contributed by atoms with E-state index in [-0.39, 0.29) is 0 Å². The van der Waals surface area contributed by atoms with Crippen molar-refractivity contribution in [3.63, 3.8) is 0 Å². The second kappa shape index (κ2) is 6.20. The summed E-state index contributed by atoms with van der Waals surface area (Å²) in [6.45, 7) is 12.0. The van der Waals surface area contributed by atoms with Crippen LogP contribution in [0.4, 0.5) is 5.13 Å². The molecule has 2 unspecified atom stereocenters. The molecule has 1 aromatic rings. The molecular formula is C14H26N4S. The first-order chi connectivity index (χ1) is 8.97. The SMILES string of the molecule is CC(C)NCc1cnc(N2CC(C)N(C)C(C)C2)s1. The molecule has 2 heterocycles. The summed E-state index contributed by atoms with van der Waals surface area (Å²) >= 11 is 1.82. The maximum Gasteiger partial charge on any atom is 0.185 e. The van der Waals surface area contributed by atoms with Gasteiger partial charge in [-0.05, 0) is 20.9 Å². The van der Waals surface area contributed by atoms with Crippen molar-refractivity contribution >= 4 is 16.5 Å². The molecule has 0 spiro atoms. The number of piperazine rings is 1. The minimum absolute atomic E-state index is 0.522. The molecule has 1 aliphatic rings. The number of hydrogen-bond acceptors (Lipinski definition) is 5. The first kappa shape index (κ1) is 14.8. The largest absolute Gasteiger partial charge is 0.345 e. The van der Waals surface area contributed by atoms with Gasteiger partial charge in [-0.2, -0.15) is 0 Å². The van der Waals surface area contributed by atoms with E-state index < -0.39 is 0 Å². The highest BCUT2D eigenvalue weighted by atomic mass is 32.1. The third-order valence-electron chi connectivity index (χ3n) is 3.86. The van der Waals surface area contributed by atoms with Gasteiger partial charge in [0.25, 0.3) is 0 Å². The van der Waals surface area contributed by atoms with Crippen LogP contribution in [-0.2, 0) is 6.54 Å². The van der Waals surface area contributed by atoms with Crippen molar-refractivity contribution in [3.8, 4) is 0 Å². The smallest absolute Gasteiger partial charge is 0.185 e. The van der Waals surface area contributed by atoms with Gasteiger partial charge in [-0.1, -0.05) is 13.8 Å². The van der Waals surface area contributed by atoms with Crippen LogP contribution in [0.25, 0.3) is 0 Å². The van der Waals surface area contributed by atoms with Gasteiger partial charge in [-0.15, -0.1) is 11.3 Å². The summed E-state index contributed by atoms with van der Waals surface area (Å²) < 4.78 is 0. The number of hydrogen-bond donors (Lipinski definition) is 1. The molecule has 0 aromatic carbocycles. The Kier molecular flexibility index (Phi) is 4.81. The van der Waals surface area contributed by atoms with E-state index in [1.807, 2.05) is 17.5 Å². The second-order valence-corrected chi connectivity index (χ2v) is 7.01. The monoisotopic (exact) mass is 282 g/mol. The number of thiazole rings is 1. The molecule has 1 aromatic heterocycles. The fourth-order valence-electron chi connectivity index (χ4n) is 2.39. The molecule has 0 amide bonds. The van der Waals surface area contributed by atoms with Crippen molar-refractivity contribution in [2.45, 2.75) is 52.4 Å². The summed E-state index contributed by atoms with van der Waals surface area (Å²) in [7, 11) is 2.21. The zero-order valence-corrected chi connectivity index (χ0v) is 13.5. The minimum Gasteiger partial charge on any atom is -0.345 e. The fraction of sp³-hybridized carbons (Fsp3) is 0.786. The van der Waals surface area contributed by atoms with Gasteiger partial charge in [0.2, 0.25) is 0 Å². The standard InChI is InChI=1S/C14H26N4S/c1-10(2)15-6-13-7-16-14(19-13)18-8-11(3)17(5)12(4)9-18/h7,10-12,15H,6,8-9H2,1-5H3. The molecule has 1 fully saturated rings. The van der Waals surface area contributed by atoms with E-state index in [9.17, 15) is 0 Å². The maximum absolute atomic E-state index is 4.60. The van der Waals surface area contributed by atoms with Gasteiger partial charge >= 0.3 is 0 Å². The highest BCUT2D eigenvalue weighted by Crippen LogP contribution is 2.26. The normalized spacial score (nSPS) is 25.3. The van der Waals surface area contributed by atoms with Crippen LogP contribution in [0.15, 0.2) is 6.20 Å². The predicted molar refractivity (Wildman–Crippen MR) is 83.0 cm³/mol. The summed E-state index contributed by atoms with van der Waals surface area (Å²) in [5.74, 6) is 0. The number of anilines is 1. The summed E-state index contributed by atoms with van der Waals surface area (Å²) in [6, 6.07) is 1.70. The molecule has 0 aliphatic carbocycles. The van der Waals surface area contributed by atoms with Crippen LogP contribution in [0.1, 0.15) is 32.6 Å². The number of nitrogens with one attached hydrogen (secondary N) is 1. The van der Waals surface area contributed by atoms with Gasteiger partial charge in [0.1, 0.15) is 0 Å². The minimum atomic E-state index is 0.522. The lowest BCUT2D eigenvalue weighted by molar-refractivity contribution is 0.170. The summed E-state index contributed by atoms with van der Waals surface area (Å²) in [4.78, 5) is 10.8. The Morgan fingerprint density at radius 1 is 1.37 bits per heavy atom. The van der Waals surface area contributed by atoms with Crippen molar-refractivity contribution in [2.75, 3.05) is 25.0 Å². The number of likely N-dealkylation sites (N-methyl/N-ethyl adjacent to an activating group) is 1. The van der Waals surface area contributed by atoms with Crippen LogP contribution < -0.4 is 10.2 Å². The van der Waals surface area contributed by atoms with Crippen LogP contribution in [0.2, 0.25) is 0 Å². The topological polar surface area (TPSA) is 31.4 Å². The molecule has 5 heteroatoms. The van der Waals surface area contributed by atoms with Gasteiger partial charge in [-0.25, -0.2) is 4.98 Å². The van der Waals surface area contributed by atoms with Crippen LogP contribution >= 0.6 is 11.3 Å². The summed E-state index contributed by atoms with van der Waals surface area (Å²) in [5, 5.41) is 4.62. The maximum atomic E-state index is 4.60. The Labute approximate surface area is 120 Å². The van der Waals surface area contributed by atoms with Crippen molar-refractivity contribution in [3.05, 3.63) is 11.1 Å². The van der Waals surface area contributed by atoms with Gasteiger partial charge in [0.05, 0.1) is 0 Å². The Balaban J connectivity index is 1.98. The van der Waals surface area contributed by atoms with Gasteiger partial charge in [0.15, 0.2) is 5.13 Å². The highest BCUT2D eigenvalue weighted by Gasteiger charge is 2.27. The number of rotatable bonds is 4. The van der Waals surface area contributed by atoms with Crippen LogP contribution in [0.3, 0.4) is 0 Å². The molecule has 19 heavy (non-hydrogen) atoms.